The number of urea groups is 1. The number of aromatic nitrogens is 3. The molecule has 2 amide bonds. The molecule has 2 heterocycles. The third kappa shape index (κ3) is 2.12. The minimum Gasteiger partial charge on any atom is -0.349 e. The lowest BCUT2D eigenvalue weighted by Crippen LogP contribution is -2.38. The van der Waals surface area contributed by atoms with Crippen LogP contribution in [0.1, 0.15) is 0 Å². The minimum absolute atomic E-state index is 0.184. The summed E-state index contributed by atoms with van der Waals surface area (Å²) in [7, 11) is 0. The second kappa shape index (κ2) is 4.88. The van der Waals surface area contributed by atoms with E-state index in [1.807, 2.05) is 6.07 Å². The topological polar surface area (TPSA) is 97.1 Å². The maximum atomic E-state index is 11.5. The number of pyridine rings is 1. The fourth-order valence-corrected chi connectivity index (χ4v) is 1.77. The van der Waals surface area contributed by atoms with Crippen molar-refractivity contribution in [2.75, 3.05) is 5.06 Å². The van der Waals surface area contributed by atoms with Crippen molar-refractivity contribution in [2.24, 2.45) is 5.73 Å². The van der Waals surface area contributed by atoms with Gasteiger partial charge in [-0.3, -0.25) is 5.10 Å². The number of nitrogens with zero attached hydrogens (tertiary/aromatic N) is 3. The molecule has 3 N–H and O–H groups in total. The zero-order valence-corrected chi connectivity index (χ0v) is 10.4. The van der Waals surface area contributed by atoms with Gasteiger partial charge in [-0.1, -0.05) is 18.2 Å². The molecule has 0 aliphatic heterocycles. The standard InChI is InChI=1S/C13H11N5O2/c14-13(19)18(9-5-2-1-3-6-9)20-12-11-10(16-17-12)7-4-8-15-11/h1-8H,(H2,14,19)(H,16,17). The molecular formula is C13H11N5O2. The van der Waals surface area contributed by atoms with E-state index in [1.165, 1.54) is 0 Å². The van der Waals surface area contributed by atoms with Crippen molar-refractivity contribution >= 4 is 22.8 Å². The van der Waals surface area contributed by atoms with Gasteiger partial charge in [0.25, 0.3) is 5.88 Å². The maximum Gasteiger partial charge on any atom is 0.352 e. The molecule has 0 spiro atoms. The molecular weight excluding hydrogens is 258 g/mol. The van der Waals surface area contributed by atoms with Gasteiger partial charge in [0.1, 0.15) is 0 Å². The van der Waals surface area contributed by atoms with E-state index >= 15 is 0 Å². The minimum atomic E-state index is -0.747. The van der Waals surface area contributed by atoms with Gasteiger partial charge in [0.05, 0.1) is 11.2 Å². The third-order valence-corrected chi connectivity index (χ3v) is 2.66. The summed E-state index contributed by atoms with van der Waals surface area (Å²) < 4.78 is 0. The Bertz CT molecular complexity index is 741. The van der Waals surface area contributed by atoms with Crippen LogP contribution in [0.5, 0.6) is 5.88 Å². The lowest BCUT2D eigenvalue weighted by atomic mass is 10.3. The summed E-state index contributed by atoms with van der Waals surface area (Å²) in [5.74, 6) is 0.184. The molecule has 7 heteroatoms. The molecule has 3 rings (SSSR count). The van der Waals surface area contributed by atoms with Gasteiger partial charge >= 0.3 is 6.03 Å². The molecule has 20 heavy (non-hydrogen) atoms. The Hall–Kier alpha value is -3.09. The first-order valence-electron chi connectivity index (χ1n) is 5.87. The predicted molar refractivity (Wildman–Crippen MR) is 73.0 cm³/mol. The molecule has 7 nitrogen and oxygen atoms in total. The number of hydrogen-bond acceptors (Lipinski definition) is 4. The van der Waals surface area contributed by atoms with Crippen LogP contribution in [0, 0.1) is 0 Å². The number of hydrogen-bond donors (Lipinski definition) is 2. The zero-order valence-electron chi connectivity index (χ0n) is 10.4. The van der Waals surface area contributed by atoms with E-state index in [-0.39, 0.29) is 5.88 Å². The molecule has 2 aromatic heterocycles. The molecule has 0 unspecified atom stereocenters. The number of para-hydroxylation sites is 1. The average Bonchev–Trinajstić information content (AvgIpc) is 2.88. The number of aromatic amines is 1. The Labute approximate surface area is 113 Å². The van der Waals surface area contributed by atoms with E-state index < -0.39 is 6.03 Å². The van der Waals surface area contributed by atoms with Gasteiger partial charge in [-0.25, -0.2) is 9.78 Å². The summed E-state index contributed by atoms with van der Waals surface area (Å²) in [4.78, 5) is 21.1. The van der Waals surface area contributed by atoms with Gasteiger partial charge in [0.15, 0.2) is 5.52 Å². The van der Waals surface area contributed by atoms with E-state index in [0.717, 1.165) is 5.06 Å². The summed E-state index contributed by atoms with van der Waals surface area (Å²) >= 11 is 0. The van der Waals surface area contributed by atoms with Gasteiger partial charge < -0.3 is 10.6 Å². The fraction of sp³-hybridized carbons (Fsp3) is 0. The number of nitrogens with one attached hydrogen (secondary N) is 1. The van der Waals surface area contributed by atoms with Crippen LogP contribution in [0.4, 0.5) is 10.5 Å². The molecule has 0 aliphatic carbocycles. The van der Waals surface area contributed by atoms with Gasteiger partial charge in [0, 0.05) is 6.20 Å². The second-order valence-electron chi connectivity index (χ2n) is 3.99. The van der Waals surface area contributed by atoms with Crippen LogP contribution < -0.4 is 15.6 Å². The highest BCUT2D eigenvalue weighted by molar-refractivity contribution is 5.89. The Balaban J connectivity index is 1.97. The Morgan fingerprint density at radius 3 is 2.75 bits per heavy atom. The van der Waals surface area contributed by atoms with Crippen molar-refractivity contribution in [3.05, 3.63) is 48.7 Å². The first-order valence-corrected chi connectivity index (χ1v) is 5.87. The molecule has 0 radical (unpaired) electrons. The van der Waals surface area contributed by atoms with Crippen LogP contribution in [0.15, 0.2) is 48.7 Å². The van der Waals surface area contributed by atoms with E-state index in [2.05, 4.69) is 15.2 Å². The third-order valence-electron chi connectivity index (χ3n) is 2.66. The Morgan fingerprint density at radius 2 is 2.00 bits per heavy atom. The second-order valence-corrected chi connectivity index (χ2v) is 3.99. The number of rotatable bonds is 3. The quantitative estimate of drug-likeness (QED) is 0.709. The van der Waals surface area contributed by atoms with Crippen LogP contribution in [0.25, 0.3) is 11.0 Å². The first kappa shape index (κ1) is 12.0. The van der Waals surface area contributed by atoms with Crippen molar-refractivity contribution in [1.29, 1.82) is 0 Å². The van der Waals surface area contributed by atoms with E-state index in [9.17, 15) is 4.79 Å². The number of primary amides is 1. The molecule has 0 atom stereocenters. The average molecular weight is 269 g/mol. The molecule has 0 fully saturated rings. The van der Waals surface area contributed by atoms with Crippen molar-refractivity contribution in [1.82, 2.24) is 15.2 Å². The van der Waals surface area contributed by atoms with Crippen molar-refractivity contribution in [3.8, 4) is 5.88 Å². The highest BCUT2D eigenvalue weighted by Gasteiger charge is 2.18. The van der Waals surface area contributed by atoms with Gasteiger partial charge in [-0.2, -0.15) is 0 Å². The normalized spacial score (nSPS) is 10.4. The van der Waals surface area contributed by atoms with Crippen LogP contribution in [-0.2, 0) is 0 Å². The van der Waals surface area contributed by atoms with Crippen LogP contribution in [-0.4, -0.2) is 21.2 Å². The van der Waals surface area contributed by atoms with Gasteiger partial charge in [0.2, 0.25) is 0 Å². The number of carbonyl (C=O) groups excluding carboxylic acids is 1. The number of anilines is 1. The van der Waals surface area contributed by atoms with Gasteiger partial charge in [-0.15, -0.1) is 10.2 Å². The fourth-order valence-electron chi connectivity index (χ4n) is 1.77. The number of hydroxylamine groups is 1. The van der Waals surface area contributed by atoms with Gasteiger partial charge in [-0.05, 0) is 24.3 Å². The Kier molecular flexibility index (Phi) is 2.92. The van der Waals surface area contributed by atoms with E-state index in [1.54, 1.807) is 42.6 Å². The molecule has 0 bridgehead atoms. The maximum absolute atomic E-state index is 11.5. The molecule has 100 valence electrons. The molecule has 1 aromatic carbocycles. The smallest absolute Gasteiger partial charge is 0.349 e. The summed E-state index contributed by atoms with van der Waals surface area (Å²) in [6, 6.07) is 11.6. The predicted octanol–water partition coefficient (Wildman–Crippen LogP) is 1.84. The summed E-state index contributed by atoms with van der Waals surface area (Å²) in [6.45, 7) is 0. The lowest BCUT2D eigenvalue weighted by Gasteiger charge is -2.18. The molecule has 0 saturated carbocycles. The highest BCUT2D eigenvalue weighted by Crippen LogP contribution is 2.22. The Morgan fingerprint density at radius 1 is 1.20 bits per heavy atom. The van der Waals surface area contributed by atoms with E-state index in [4.69, 9.17) is 10.6 Å². The largest absolute Gasteiger partial charge is 0.352 e. The molecule has 0 saturated heterocycles. The number of nitrogens with two attached hydrogens (primary N) is 1. The van der Waals surface area contributed by atoms with Crippen molar-refractivity contribution < 1.29 is 9.63 Å². The van der Waals surface area contributed by atoms with Crippen LogP contribution in [0.3, 0.4) is 0 Å². The SMILES string of the molecule is NC(=O)N(Oc1n[nH]c2cccnc12)c1ccccc1. The first-order chi connectivity index (χ1) is 9.75. The number of amides is 2. The van der Waals surface area contributed by atoms with Crippen LogP contribution in [0.2, 0.25) is 0 Å². The van der Waals surface area contributed by atoms with Crippen molar-refractivity contribution in [3.63, 3.8) is 0 Å². The zero-order chi connectivity index (χ0) is 13.9. The number of H-pyrrole nitrogens is 1. The van der Waals surface area contributed by atoms with E-state index in [0.29, 0.717) is 16.7 Å². The van der Waals surface area contributed by atoms with Crippen molar-refractivity contribution in [2.45, 2.75) is 0 Å². The van der Waals surface area contributed by atoms with Crippen LogP contribution >= 0.6 is 0 Å². The number of carbonyl (C=O) groups is 1. The molecule has 0 aliphatic rings. The lowest BCUT2D eigenvalue weighted by molar-refractivity contribution is 0.219. The number of benzene rings is 1. The summed E-state index contributed by atoms with van der Waals surface area (Å²) in [5, 5.41) is 7.71. The summed E-state index contributed by atoms with van der Waals surface area (Å²) in [5.41, 5.74) is 7.07. The monoisotopic (exact) mass is 269 g/mol. The number of fused-ring (bicyclic) bond motifs is 1. The summed E-state index contributed by atoms with van der Waals surface area (Å²) in [6.07, 6.45) is 1.61. The highest BCUT2D eigenvalue weighted by atomic mass is 16.7. The molecule has 3 aromatic rings.